The van der Waals surface area contributed by atoms with E-state index >= 15 is 0 Å². The first-order valence-corrected chi connectivity index (χ1v) is 16.6. The van der Waals surface area contributed by atoms with Crippen molar-refractivity contribution in [2.75, 3.05) is 0 Å². The van der Waals surface area contributed by atoms with Crippen LogP contribution in [0.5, 0.6) is 0 Å². The average molecular weight is 811 g/mol. The summed E-state index contributed by atoms with van der Waals surface area (Å²) in [6.07, 6.45) is 11.3. The zero-order valence-electron chi connectivity index (χ0n) is 27.3. The van der Waals surface area contributed by atoms with Crippen LogP contribution in [0.15, 0.2) is 146 Å². The van der Waals surface area contributed by atoms with E-state index in [0.29, 0.717) is 0 Å². The number of hydrogen-bond acceptors (Lipinski definition) is 3. The first kappa shape index (κ1) is 33.9. The van der Waals surface area contributed by atoms with E-state index in [1.165, 1.54) is 33.4 Å². The van der Waals surface area contributed by atoms with Crippen LogP contribution >= 0.6 is 0 Å². The Kier molecular flexibility index (Phi) is 11.7. The molecule has 4 aromatic carbocycles. The van der Waals surface area contributed by atoms with Gasteiger partial charge >= 0.3 is 20.1 Å². The summed E-state index contributed by atoms with van der Waals surface area (Å²) in [5.74, 6) is 0. The molecule has 240 valence electrons. The summed E-state index contributed by atoms with van der Waals surface area (Å²) in [4.78, 5) is 13.4. The Balaban J connectivity index is 0.00000417. The molecule has 3 aromatic heterocycles. The molecule has 4 heteroatoms. The SMILES string of the molecule is [Ir+3].[c-]1cc(CCc2cc(CCc3c[c-]c(-c4ccccn4)cc3)cc(CCc3c[c-]c(-c4ccccn4)cc3)c2)ccc1-c1ccccn1. The maximum absolute atomic E-state index is 4.47. The second kappa shape index (κ2) is 16.9. The molecule has 0 aliphatic rings. The minimum Gasteiger partial charge on any atom is -0.305 e. The van der Waals surface area contributed by atoms with E-state index in [9.17, 15) is 0 Å². The minimum absolute atomic E-state index is 0. The van der Waals surface area contributed by atoms with Crippen LogP contribution in [0.4, 0.5) is 0 Å². The van der Waals surface area contributed by atoms with Crippen molar-refractivity contribution in [3.63, 3.8) is 0 Å². The smallest absolute Gasteiger partial charge is 0.305 e. The van der Waals surface area contributed by atoms with Crippen LogP contribution in [-0.4, -0.2) is 15.0 Å². The van der Waals surface area contributed by atoms with E-state index in [-0.39, 0.29) is 20.1 Å². The fraction of sp³-hybridized carbons (Fsp3) is 0.133. The molecular weight excluding hydrogens is 775 g/mol. The second-order valence-electron chi connectivity index (χ2n) is 12.1. The molecule has 3 nitrogen and oxygen atoms in total. The molecular formula is C45H36IrN3. The van der Waals surface area contributed by atoms with Gasteiger partial charge < -0.3 is 15.0 Å². The summed E-state index contributed by atoms with van der Waals surface area (Å²) in [6, 6.07) is 54.8. The molecule has 0 saturated carbocycles. The number of aryl methyl sites for hydroxylation is 6. The molecule has 49 heavy (non-hydrogen) atoms. The standard InChI is InChI=1S/C45H36N3.Ir/c1-4-28-46-43(7-1)40-22-16-34(17-23-40)10-13-37-31-38(14-11-35-18-24-41(25-19-35)44-8-2-5-29-47-44)33-39(32-37)15-12-36-20-26-42(27-21-36)45-9-3-6-30-48-45;/h1-9,16-22,24,26,28-33H,10-15H2;/q-3;+3. The van der Waals surface area contributed by atoms with Crippen molar-refractivity contribution in [2.24, 2.45) is 0 Å². The van der Waals surface area contributed by atoms with Crippen molar-refractivity contribution in [2.45, 2.75) is 38.5 Å². The first-order valence-electron chi connectivity index (χ1n) is 16.6. The summed E-state index contributed by atoms with van der Waals surface area (Å²) in [6.45, 7) is 0. The van der Waals surface area contributed by atoms with Gasteiger partial charge in [-0.2, -0.15) is 0 Å². The van der Waals surface area contributed by atoms with E-state index in [4.69, 9.17) is 0 Å². The van der Waals surface area contributed by atoms with Gasteiger partial charge in [-0.05, 0) is 71.2 Å². The zero-order valence-corrected chi connectivity index (χ0v) is 29.7. The molecule has 0 saturated heterocycles. The molecule has 0 amide bonds. The predicted molar refractivity (Wildman–Crippen MR) is 194 cm³/mol. The molecule has 0 radical (unpaired) electrons. The van der Waals surface area contributed by atoms with Gasteiger partial charge in [0.2, 0.25) is 0 Å². The Morgan fingerprint density at radius 3 is 0.898 bits per heavy atom. The molecule has 0 N–H and O–H groups in total. The molecule has 0 spiro atoms. The maximum atomic E-state index is 4.47. The van der Waals surface area contributed by atoms with Crippen molar-refractivity contribution in [1.29, 1.82) is 0 Å². The number of aromatic nitrogens is 3. The molecule has 0 aliphatic heterocycles. The van der Waals surface area contributed by atoms with Crippen molar-refractivity contribution >= 4 is 0 Å². The van der Waals surface area contributed by atoms with E-state index in [0.717, 1.165) is 72.3 Å². The number of hydrogen-bond donors (Lipinski definition) is 0. The predicted octanol–water partition coefficient (Wildman–Crippen LogP) is 9.63. The van der Waals surface area contributed by atoms with Crippen LogP contribution < -0.4 is 0 Å². The molecule has 7 aromatic rings. The number of benzene rings is 4. The molecule has 3 heterocycles. The Morgan fingerprint density at radius 2 is 0.653 bits per heavy atom. The Hall–Kier alpha value is -5.02. The maximum Gasteiger partial charge on any atom is 3.00 e. The topological polar surface area (TPSA) is 38.7 Å². The Labute approximate surface area is 303 Å². The average Bonchev–Trinajstić information content (AvgIpc) is 3.17. The first-order chi connectivity index (χ1) is 23.7. The van der Waals surface area contributed by atoms with E-state index in [1.54, 1.807) is 0 Å². The Morgan fingerprint density at radius 1 is 0.347 bits per heavy atom. The molecule has 0 atom stereocenters. The van der Waals surface area contributed by atoms with Gasteiger partial charge in [-0.25, -0.2) is 0 Å². The minimum atomic E-state index is 0. The van der Waals surface area contributed by atoms with Crippen molar-refractivity contribution in [3.05, 3.63) is 198 Å². The third kappa shape index (κ3) is 9.32. The Bertz CT molecular complexity index is 1770. The summed E-state index contributed by atoms with van der Waals surface area (Å²) in [5.41, 5.74) is 13.9. The largest absolute Gasteiger partial charge is 3.00 e. The summed E-state index contributed by atoms with van der Waals surface area (Å²) in [5, 5.41) is 0. The third-order valence-electron chi connectivity index (χ3n) is 8.67. The van der Waals surface area contributed by atoms with Gasteiger partial charge in [-0.1, -0.05) is 73.9 Å². The van der Waals surface area contributed by atoms with Crippen LogP contribution in [0.2, 0.25) is 0 Å². The van der Waals surface area contributed by atoms with Gasteiger partial charge in [0.1, 0.15) is 0 Å². The quantitative estimate of drug-likeness (QED) is 0.116. The zero-order chi connectivity index (χ0) is 32.4. The van der Waals surface area contributed by atoms with Crippen molar-refractivity contribution < 1.29 is 20.1 Å². The molecule has 0 bridgehead atoms. The van der Waals surface area contributed by atoms with Gasteiger partial charge in [0, 0.05) is 18.6 Å². The molecule has 0 aliphatic carbocycles. The fourth-order valence-corrected chi connectivity index (χ4v) is 6.02. The van der Waals surface area contributed by atoms with Crippen molar-refractivity contribution in [3.8, 4) is 33.8 Å². The summed E-state index contributed by atoms with van der Waals surface area (Å²) < 4.78 is 0. The molecule has 0 unspecified atom stereocenters. The number of pyridine rings is 3. The third-order valence-corrected chi connectivity index (χ3v) is 8.67. The summed E-state index contributed by atoms with van der Waals surface area (Å²) in [7, 11) is 0. The van der Waals surface area contributed by atoms with Gasteiger partial charge in [0.15, 0.2) is 0 Å². The summed E-state index contributed by atoms with van der Waals surface area (Å²) >= 11 is 0. The second-order valence-corrected chi connectivity index (χ2v) is 12.1. The van der Waals surface area contributed by atoms with Crippen LogP contribution in [0.25, 0.3) is 33.8 Å². The van der Waals surface area contributed by atoms with Crippen LogP contribution in [-0.2, 0) is 58.6 Å². The molecule has 7 rings (SSSR count). The number of nitrogens with zero attached hydrogens (tertiary/aromatic N) is 3. The van der Waals surface area contributed by atoms with Gasteiger partial charge in [0.25, 0.3) is 0 Å². The monoisotopic (exact) mass is 811 g/mol. The van der Waals surface area contributed by atoms with E-state index < -0.39 is 0 Å². The van der Waals surface area contributed by atoms with Crippen molar-refractivity contribution in [1.82, 2.24) is 15.0 Å². The van der Waals surface area contributed by atoms with E-state index in [2.05, 4.69) is 106 Å². The van der Waals surface area contributed by atoms with Crippen LogP contribution in [0, 0.1) is 18.2 Å². The normalized spacial score (nSPS) is 10.8. The fourth-order valence-electron chi connectivity index (χ4n) is 6.02. The van der Waals surface area contributed by atoms with Gasteiger partial charge in [-0.3, -0.25) is 0 Å². The molecule has 0 fully saturated rings. The van der Waals surface area contributed by atoms with Crippen LogP contribution in [0.3, 0.4) is 0 Å². The van der Waals surface area contributed by atoms with Gasteiger partial charge in [-0.15, -0.1) is 106 Å². The van der Waals surface area contributed by atoms with Gasteiger partial charge in [0.05, 0.1) is 0 Å². The number of rotatable bonds is 12. The van der Waals surface area contributed by atoms with Crippen LogP contribution in [0.1, 0.15) is 33.4 Å². The van der Waals surface area contributed by atoms with E-state index in [1.807, 2.05) is 73.2 Å².